The summed E-state index contributed by atoms with van der Waals surface area (Å²) in [5.74, 6) is 0.835. The van der Waals surface area contributed by atoms with Crippen molar-refractivity contribution in [2.75, 3.05) is 13.2 Å². The second kappa shape index (κ2) is 49.8. The Morgan fingerprint density at radius 2 is 0.524 bits per heavy atom. The van der Waals surface area contributed by atoms with Crippen LogP contribution >= 0.6 is 0 Å². The van der Waals surface area contributed by atoms with Crippen molar-refractivity contribution in [1.29, 1.82) is 0 Å². The first-order valence-corrected chi connectivity index (χ1v) is 28.2. The monoisotopic (exact) mass is 891 g/mol. The number of hydrogen-bond donors (Lipinski definition) is 0. The maximum atomic E-state index is 12.8. The van der Waals surface area contributed by atoms with Gasteiger partial charge in [0, 0.05) is 19.3 Å². The summed E-state index contributed by atoms with van der Waals surface area (Å²) in [5, 5.41) is 0. The van der Waals surface area contributed by atoms with Gasteiger partial charge in [0.2, 0.25) is 0 Å². The molecule has 6 heteroatoms. The van der Waals surface area contributed by atoms with E-state index in [-0.39, 0.29) is 31.1 Å². The smallest absolute Gasteiger partial charge is 0.306 e. The van der Waals surface area contributed by atoms with Gasteiger partial charge in [0.25, 0.3) is 0 Å². The summed E-state index contributed by atoms with van der Waals surface area (Å²) in [4.78, 5) is 38.1. The first kappa shape index (κ1) is 61.4. The minimum atomic E-state index is -0.762. The molecule has 63 heavy (non-hydrogen) atoms. The van der Waals surface area contributed by atoms with Gasteiger partial charge < -0.3 is 14.2 Å². The quantitative estimate of drug-likeness (QED) is 0.0344. The molecule has 0 saturated heterocycles. The fourth-order valence-corrected chi connectivity index (χ4v) is 8.70. The number of ether oxygens (including phenoxy) is 3. The summed E-state index contributed by atoms with van der Waals surface area (Å²) in [6, 6.07) is 0. The lowest BCUT2D eigenvalue weighted by Gasteiger charge is -2.18. The molecule has 0 heterocycles. The van der Waals surface area contributed by atoms with Crippen LogP contribution in [0.25, 0.3) is 0 Å². The number of carbonyl (C=O) groups excluding carboxylic acids is 3. The molecule has 0 unspecified atom stereocenters. The van der Waals surface area contributed by atoms with E-state index >= 15 is 0 Å². The molecule has 0 aliphatic rings. The Labute approximate surface area is 393 Å². The third-order valence-corrected chi connectivity index (χ3v) is 13.0. The molecule has 0 radical (unpaired) electrons. The van der Waals surface area contributed by atoms with Gasteiger partial charge in [-0.15, -0.1) is 0 Å². The highest BCUT2D eigenvalue weighted by Gasteiger charge is 2.19. The van der Waals surface area contributed by atoms with Crippen molar-refractivity contribution in [2.24, 2.45) is 11.8 Å². The molecule has 0 aromatic rings. The van der Waals surface area contributed by atoms with Gasteiger partial charge in [0.1, 0.15) is 13.2 Å². The topological polar surface area (TPSA) is 78.9 Å². The fourth-order valence-electron chi connectivity index (χ4n) is 8.70. The van der Waals surface area contributed by atoms with Gasteiger partial charge in [-0.2, -0.15) is 0 Å². The zero-order chi connectivity index (χ0) is 46.1. The average molecular weight is 892 g/mol. The largest absolute Gasteiger partial charge is 0.462 e. The molecule has 0 aliphatic heterocycles. The molecule has 0 amide bonds. The van der Waals surface area contributed by atoms with Crippen molar-refractivity contribution >= 4 is 17.9 Å². The van der Waals surface area contributed by atoms with E-state index in [1.54, 1.807) is 0 Å². The minimum absolute atomic E-state index is 0.0628. The molecule has 0 N–H and O–H groups in total. The Bertz CT molecular complexity index is 962. The lowest BCUT2D eigenvalue weighted by molar-refractivity contribution is -0.167. The zero-order valence-corrected chi connectivity index (χ0v) is 43.2. The highest BCUT2D eigenvalue weighted by Crippen LogP contribution is 2.18. The van der Waals surface area contributed by atoms with Crippen LogP contribution in [0.2, 0.25) is 0 Å². The van der Waals surface area contributed by atoms with Crippen molar-refractivity contribution in [2.45, 2.75) is 323 Å². The Morgan fingerprint density at radius 3 is 0.778 bits per heavy atom. The minimum Gasteiger partial charge on any atom is -0.462 e. The highest BCUT2D eigenvalue weighted by atomic mass is 16.6. The van der Waals surface area contributed by atoms with Crippen LogP contribution in [-0.2, 0) is 28.6 Å². The highest BCUT2D eigenvalue weighted by molar-refractivity contribution is 5.71. The van der Waals surface area contributed by atoms with Crippen molar-refractivity contribution in [3.63, 3.8) is 0 Å². The predicted molar refractivity (Wildman–Crippen MR) is 270 cm³/mol. The van der Waals surface area contributed by atoms with Crippen molar-refractivity contribution < 1.29 is 28.6 Å². The normalized spacial score (nSPS) is 12.0. The maximum Gasteiger partial charge on any atom is 0.306 e. The first-order chi connectivity index (χ1) is 30.7. The number of carbonyl (C=O) groups is 3. The van der Waals surface area contributed by atoms with Crippen LogP contribution in [0.1, 0.15) is 317 Å². The molecule has 0 aliphatic carbocycles. The van der Waals surface area contributed by atoms with E-state index in [4.69, 9.17) is 14.2 Å². The molecule has 6 nitrogen and oxygen atoms in total. The van der Waals surface area contributed by atoms with Gasteiger partial charge >= 0.3 is 17.9 Å². The molecule has 374 valence electrons. The lowest BCUT2D eigenvalue weighted by atomic mass is 10.0. The van der Waals surface area contributed by atoms with Crippen molar-refractivity contribution in [3.8, 4) is 0 Å². The third-order valence-electron chi connectivity index (χ3n) is 13.0. The molecule has 0 aromatic heterocycles. The molecule has 0 fully saturated rings. The third kappa shape index (κ3) is 51.3. The van der Waals surface area contributed by atoms with Gasteiger partial charge in [0.15, 0.2) is 6.10 Å². The van der Waals surface area contributed by atoms with E-state index in [0.29, 0.717) is 19.3 Å². The van der Waals surface area contributed by atoms with E-state index < -0.39 is 6.10 Å². The molecular weight excluding hydrogens is 781 g/mol. The Morgan fingerprint density at radius 1 is 0.302 bits per heavy atom. The van der Waals surface area contributed by atoms with Gasteiger partial charge in [-0.3, -0.25) is 14.4 Å². The second-order valence-corrected chi connectivity index (χ2v) is 20.5. The van der Waals surface area contributed by atoms with E-state index in [1.807, 2.05) is 0 Å². The number of esters is 3. The van der Waals surface area contributed by atoms with Crippen LogP contribution < -0.4 is 0 Å². The van der Waals surface area contributed by atoms with Crippen LogP contribution in [0, 0.1) is 11.8 Å². The van der Waals surface area contributed by atoms with Crippen LogP contribution in [0.5, 0.6) is 0 Å². The molecule has 0 rings (SSSR count). The van der Waals surface area contributed by atoms with Crippen LogP contribution in [-0.4, -0.2) is 37.2 Å². The summed E-state index contributed by atoms with van der Waals surface area (Å²) in [7, 11) is 0. The van der Waals surface area contributed by atoms with E-state index in [2.05, 4.69) is 34.6 Å². The van der Waals surface area contributed by atoms with Gasteiger partial charge in [0.05, 0.1) is 0 Å². The Kier molecular flexibility index (Phi) is 48.6. The maximum absolute atomic E-state index is 12.8. The molecular formula is C57H110O6. The zero-order valence-electron chi connectivity index (χ0n) is 43.2. The van der Waals surface area contributed by atoms with Crippen LogP contribution in [0.3, 0.4) is 0 Å². The summed E-state index contributed by atoms with van der Waals surface area (Å²) in [5.41, 5.74) is 0. The first-order valence-electron chi connectivity index (χ1n) is 28.2. The molecule has 0 bridgehead atoms. The van der Waals surface area contributed by atoms with E-state index in [1.165, 1.54) is 205 Å². The van der Waals surface area contributed by atoms with E-state index in [0.717, 1.165) is 69.6 Å². The number of hydrogen-bond acceptors (Lipinski definition) is 6. The summed E-state index contributed by atoms with van der Waals surface area (Å²) < 4.78 is 16.9. The molecule has 0 saturated carbocycles. The lowest BCUT2D eigenvalue weighted by Crippen LogP contribution is -2.30. The summed E-state index contributed by atoms with van der Waals surface area (Å²) >= 11 is 0. The molecule has 0 spiro atoms. The summed E-state index contributed by atoms with van der Waals surface area (Å²) in [6.45, 7) is 11.4. The Hall–Kier alpha value is -1.59. The van der Waals surface area contributed by atoms with Gasteiger partial charge in [-0.1, -0.05) is 279 Å². The van der Waals surface area contributed by atoms with Crippen LogP contribution in [0.4, 0.5) is 0 Å². The Balaban J connectivity index is 4.28. The standard InChI is InChI=1S/C57H110O6/c1-6-7-8-9-10-11-12-16-23-29-34-39-44-49-57(60)63-54(51-62-56(59)48-43-38-33-28-24-19-21-26-31-36-41-46-53(4)5)50-61-55(58)47-42-37-32-27-22-18-15-13-14-17-20-25-30-35-40-45-52(2)3/h52-54H,6-51H2,1-5H3/t54-/m0/s1. The SMILES string of the molecule is CCCCCCCCCCCCCCCC(=O)O[C@@H](COC(=O)CCCCCCCCCCCCCCCCCC(C)C)COC(=O)CCCCCCCCCCCCCC(C)C. The van der Waals surface area contributed by atoms with Gasteiger partial charge in [-0.25, -0.2) is 0 Å². The number of unbranched alkanes of at least 4 members (excludes halogenated alkanes) is 36. The van der Waals surface area contributed by atoms with Gasteiger partial charge in [-0.05, 0) is 31.1 Å². The predicted octanol–water partition coefficient (Wildman–Crippen LogP) is 18.5. The van der Waals surface area contributed by atoms with Crippen molar-refractivity contribution in [1.82, 2.24) is 0 Å². The molecule has 0 aromatic carbocycles. The van der Waals surface area contributed by atoms with E-state index in [9.17, 15) is 14.4 Å². The number of rotatable bonds is 51. The fraction of sp³-hybridized carbons (Fsp3) is 0.947. The summed E-state index contributed by atoms with van der Waals surface area (Å²) in [6.07, 6.45) is 52.3. The van der Waals surface area contributed by atoms with Crippen LogP contribution in [0.15, 0.2) is 0 Å². The average Bonchev–Trinajstić information content (AvgIpc) is 3.25. The van der Waals surface area contributed by atoms with Crippen molar-refractivity contribution in [3.05, 3.63) is 0 Å². The molecule has 1 atom stereocenters. The second-order valence-electron chi connectivity index (χ2n) is 20.5.